The average Bonchev–Trinajstić information content (AvgIpc) is 3.38. The Hall–Kier alpha value is -4.08. The normalized spacial score (nSPS) is 15.1. The number of pyridine rings is 1. The molecule has 5 rings (SSSR count). The van der Waals surface area contributed by atoms with Crippen LogP contribution in [-0.2, 0) is 17.8 Å². The molecule has 37 heavy (non-hydrogen) atoms. The van der Waals surface area contributed by atoms with Crippen molar-refractivity contribution >= 4 is 52.2 Å². The number of rotatable bonds is 6. The van der Waals surface area contributed by atoms with E-state index in [9.17, 15) is 14.4 Å². The van der Waals surface area contributed by atoms with Crippen molar-refractivity contribution < 1.29 is 14.4 Å². The topological polar surface area (TPSA) is 104 Å². The van der Waals surface area contributed by atoms with Gasteiger partial charge in [0.25, 0.3) is 11.8 Å². The Bertz CT molecular complexity index is 1460. The second-order valence-corrected chi connectivity index (χ2v) is 9.84. The van der Waals surface area contributed by atoms with E-state index >= 15 is 0 Å². The van der Waals surface area contributed by atoms with E-state index in [0.717, 1.165) is 16.8 Å². The number of nitrogens with one attached hydrogen (secondary N) is 2. The van der Waals surface area contributed by atoms with Gasteiger partial charge in [0.15, 0.2) is 0 Å². The van der Waals surface area contributed by atoms with E-state index in [1.54, 1.807) is 65.1 Å². The molecule has 2 N–H and O–H groups in total. The van der Waals surface area contributed by atoms with Gasteiger partial charge in [0, 0.05) is 35.1 Å². The molecule has 0 spiro atoms. The molecule has 4 aromatic rings. The van der Waals surface area contributed by atoms with Crippen molar-refractivity contribution in [2.45, 2.75) is 25.9 Å². The number of fused-ring (bicyclic) bond motifs is 1. The summed E-state index contributed by atoms with van der Waals surface area (Å²) < 4.78 is 0. The highest BCUT2D eigenvalue weighted by Gasteiger charge is 2.36. The summed E-state index contributed by atoms with van der Waals surface area (Å²) in [6.07, 6.45) is 1.95. The molecule has 8 nitrogen and oxygen atoms in total. The molecule has 2 aromatic heterocycles. The number of amides is 3. The number of aromatic nitrogens is 2. The number of hydrogen-bond acceptors (Lipinski definition) is 6. The summed E-state index contributed by atoms with van der Waals surface area (Å²) in [4.78, 5) is 49.6. The van der Waals surface area contributed by atoms with E-state index < -0.39 is 6.04 Å². The van der Waals surface area contributed by atoms with Crippen LogP contribution in [0.15, 0.2) is 71.7 Å². The van der Waals surface area contributed by atoms with Crippen LogP contribution in [0.4, 0.5) is 11.5 Å². The average molecular weight is 532 g/mol. The van der Waals surface area contributed by atoms with Gasteiger partial charge in [0.1, 0.15) is 11.9 Å². The monoisotopic (exact) mass is 531 g/mol. The van der Waals surface area contributed by atoms with E-state index in [0.29, 0.717) is 27.7 Å². The van der Waals surface area contributed by atoms with Crippen molar-refractivity contribution in [3.8, 4) is 0 Å². The minimum Gasteiger partial charge on any atom is -0.323 e. The molecular formula is C27H22ClN5O3S. The fourth-order valence-electron chi connectivity index (χ4n) is 4.07. The molecule has 186 valence electrons. The molecule has 1 aliphatic rings. The number of halogens is 1. The number of carbonyl (C=O) groups is 3. The van der Waals surface area contributed by atoms with Gasteiger partial charge >= 0.3 is 0 Å². The molecule has 0 fully saturated rings. The van der Waals surface area contributed by atoms with Crippen molar-refractivity contribution in [2.24, 2.45) is 0 Å². The number of thiazole rings is 1. The summed E-state index contributed by atoms with van der Waals surface area (Å²) in [5.74, 6) is -0.439. The predicted molar refractivity (Wildman–Crippen MR) is 143 cm³/mol. The van der Waals surface area contributed by atoms with Crippen LogP contribution in [0.5, 0.6) is 0 Å². The maximum Gasteiger partial charge on any atom is 0.256 e. The Morgan fingerprint density at radius 2 is 1.92 bits per heavy atom. The summed E-state index contributed by atoms with van der Waals surface area (Å²) in [7, 11) is 0. The maximum absolute atomic E-state index is 13.6. The third-order valence-corrected chi connectivity index (χ3v) is 6.89. The minimum absolute atomic E-state index is 0.171. The van der Waals surface area contributed by atoms with Gasteiger partial charge in [-0.25, -0.2) is 9.97 Å². The molecule has 1 atom stereocenters. The minimum atomic E-state index is -0.781. The van der Waals surface area contributed by atoms with Crippen LogP contribution in [0.3, 0.4) is 0 Å². The van der Waals surface area contributed by atoms with Crippen molar-refractivity contribution in [1.29, 1.82) is 0 Å². The molecule has 0 radical (unpaired) electrons. The summed E-state index contributed by atoms with van der Waals surface area (Å²) in [6, 6.07) is 14.6. The van der Waals surface area contributed by atoms with Crippen LogP contribution in [0.2, 0.25) is 5.02 Å². The SMILES string of the molecule is Cc1ccc(NC(=O)c2ccc(CN3C(=O)c4ccc(Cl)cc4NC(=O)[C@H]3Cc3cscn3)cc2)nc1. The van der Waals surface area contributed by atoms with Crippen LogP contribution in [-0.4, -0.2) is 38.6 Å². The van der Waals surface area contributed by atoms with E-state index in [1.165, 1.54) is 11.3 Å². The number of aryl methyl sites for hydroxylation is 1. The summed E-state index contributed by atoms with van der Waals surface area (Å²) in [6.45, 7) is 2.09. The highest BCUT2D eigenvalue weighted by atomic mass is 35.5. The third-order valence-electron chi connectivity index (χ3n) is 6.02. The van der Waals surface area contributed by atoms with E-state index in [2.05, 4.69) is 20.6 Å². The first-order valence-corrected chi connectivity index (χ1v) is 12.8. The quantitative estimate of drug-likeness (QED) is 0.366. The standard InChI is InChI=1S/C27H22ClN5O3S/c1-16-2-9-24(29-12-16)32-25(34)18-5-3-17(4-6-18)13-33-23(11-20-14-37-15-30-20)26(35)31-22-10-19(28)7-8-21(22)27(33)36/h2-10,12,14-15,23H,11,13H2,1H3,(H,31,35)(H,29,32,34)/t23-/m1/s1. The lowest BCUT2D eigenvalue weighted by Crippen LogP contribution is -2.46. The van der Waals surface area contributed by atoms with E-state index in [4.69, 9.17) is 11.6 Å². The molecule has 0 unspecified atom stereocenters. The lowest BCUT2D eigenvalue weighted by Gasteiger charge is -2.28. The second kappa shape index (κ2) is 10.5. The maximum atomic E-state index is 13.6. The fraction of sp³-hybridized carbons (Fsp3) is 0.148. The van der Waals surface area contributed by atoms with Crippen LogP contribution >= 0.6 is 22.9 Å². The lowest BCUT2D eigenvalue weighted by molar-refractivity contribution is -0.120. The van der Waals surface area contributed by atoms with Gasteiger partial charge in [-0.15, -0.1) is 11.3 Å². The van der Waals surface area contributed by atoms with Crippen molar-refractivity contribution in [3.05, 3.63) is 105 Å². The zero-order valence-corrected chi connectivity index (χ0v) is 21.3. The number of carbonyl (C=O) groups excluding carboxylic acids is 3. The molecule has 0 saturated heterocycles. The number of benzene rings is 2. The molecule has 3 amide bonds. The summed E-state index contributed by atoms with van der Waals surface area (Å²) in [5.41, 5.74) is 5.38. The largest absolute Gasteiger partial charge is 0.323 e. The third kappa shape index (κ3) is 5.52. The van der Waals surface area contributed by atoms with Gasteiger partial charge in [-0.05, 0) is 54.4 Å². The van der Waals surface area contributed by atoms with Crippen molar-refractivity contribution in [3.63, 3.8) is 0 Å². The van der Waals surface area contributed by atoms with Gasteiger partial charge < -0.3 is 15.5 Å². The molecule has 1 aliphatic heterocycles. The van der Waals surface area contributed by atoms with Crippen LogP contribution in [0.25, 0.3) is 0 Å². The zero-order chi connectivity index (χ0) is 25.9. The fourth-order valence-corrected chi connectivity index (χ4v) is 4.81. The van der Waals surface area contributed by atoms with E-state index in [-0.39, 0.29) is 30.7 Å². The molecule has 2 aromatic carbocycles. The van der Waals surface area contributed by atoms with E-state index in [1.807, 2.05) is 18.4 Å². The highest BCUT2D eigenvalue weighted by Crippen LogP contribution is 2.29. The first-order chi connectivity index (χ1) is 17.9. The zero-order valence-electron chi connectivity index (χ0n) is 19.8. The Balaban J connectivity index is 1.40. The number of nitrogens with zero attached hydrogens (tertiary/aromatic N) is 3. The lowest BCUT2D eigenvalue weighted by atomic mass is 10.1. The van der Waals surface area contributed by atoms with Crippen molar-refractivity contribution in [1.82, 2.24) is 14.9 Å². The molecule has 3 heterocycles. The van der Waals surface area contributed by atoms with Gasteiger partial charge in [0.2, 0.25) is 5.91 Å². The number of anilines is 2. The Morgan fingerprint density at radius 1 is 1.11 bits per heavy atom. The Kier molecular flexibility index (Phi) is 6.98. The first kappa shape index (κ1) is 24.6. The molecule has 10 heteroatoms. The summed E-state index contributed by atoms with van der Waals surface area (Å²) in [5, 5.41) is 7.91. The molecule has 0 bridgehead atoms. The molecule has 0 aliphatic carbocycles. The highest BCUT2D eigenvalue weighted by molar-refractivity contribution is 7.07. The first-order valence-electron chi connectivity index (χ1n) is 11.5. The van der Waals surface area contributed by atoms with Gasteiger partial charge in [-0.1, -0.05) is 29.8 Å². The number of hydrogen-bond donors (Lipinski definition) is 2. The van der Waals surface area contributed by atoms with Gasteiger partial charge in [-0.3, -0.25) is 14.4 Å². The van der Waals surface area contributed by atoms with Crippen LogP contribution < -0.4 is 10.6 Å². The smallest absolute Gasteiger partial charge is 0.256 e. The van der Waals surface area contributed by atoms with Crippen molar-refractivity contribution in [2.75, 3.05) is 10.6 Å². The Morgan fingerprint density at radius 3 is 2.62 bits per heavy atom. The van der Waals surface area contributed by atoms with Crippen LogP contribution in [0, 0.1) is 6.92 Å². The van der Waals surface area contributed by atoms with Gasteiger partial charge in [0.05, 0.1) is 22.5 Å². The summed E-state index contributed by atoms with van der Waals surface area (Å²) >= 11 is 7.55. The molecule has 0 saturated carbocycles. The predicted octanol–water partition coefficient (Wildman–Crippen LogP) is 4.96. The van der Waals surface area contributed by atoms with Gasteiger partial charge in [-0.2, -0.15) is 0 Å². The Labute approximate surface area is 222 Å². The second-order valence-electron chi connectivity index (χ2n) is 8.68. The van der Waals surface area contributed by atoms with Crippen LogP contribution in [0.1, 0.15) is 37.5 Å². The molecular weight excluding hydrogens is 510 g/mol.